The van der Waals surface area contributed by atoms with Crippen molar-refractivity contribution >= 4 is 15.8 Å². The molecule has 0 fully saturated rings. The summed E-state index contributed by atoms with van der Waals surface area (Å²) >= 11 is 0. The van der Waals surface area contributed by atoms with E-state index in [1.165, 1.54) is 17.4 Å². The van der Waals surface area contributed by atoms with Crippen molar-refractivity contribution in [3.05, 3.63) is 65.2 Å². The highest BCUT2D eigenvalue weighted by Crippen LogP contribution is 2.14. The second-order valence-corrected chi connectivity index (χ2v) is 8.55. The van der Waals surface area contributed by atoms with Gasteiger partial charge in [0.25, 0.3) is 0 Å². The van der Waals surface area contributed by atoms with Crippen LogP contribution in [0.25, 0.3) is 0 Å². The maximum atomic E-state index is 11.5. The molecule has 0 saturated carbocycles. The molecule has 0 saturated heterocycles. The van der Waals surface area contributed by atoms with Gasteiger partial charge in [0.05, 0.1) is 4.90 Å². The Labute approximate surface area is 156 Å². The monoisotopic (exact) mass is 373 g/mol. The van der Waals surface area contributed by atoms with E-state index >= 15 is 0 Å². The molecule has 2 aromatic carbocycles. The number of guanidine groups is 1. The average molecular weight is 374 g/mol. The average Bonchev–Trinajstić information content (AvgIpc) is 2.62. The molecular formula is C20H27N3O2S. The Bertz CT molecular complexity index is 842. The molecule has 5 nitrogen and oxygen atoms in total. The highest BCUT2D eigenvalue weighted by molar-refractivity contribution is 7.90. The molecule has 2 aromatic rings. The molecule has 0 aliphatic rings. The van der Waals surface area contributed by atoms with E-state index in [4.69, 9.17) is 0 Å². The molecule has 0 aliphatic heterocycles. The number of aryl methyl sites for hydroxylation is 1. The van der Waals surface area contributed by atoms with E-state index in [1.54, 1.807) is 19.2 Å². The van der Waals surface area contributed by atoms with Crippen LogP contribution in [0.2, 0.25) is 0 Å². The normalized spacial score (nSPS) is 13.3. The van der Waals surface area contributed by atoms with Crippen LogP contribution in [0.4, 0.5) is 0 Å². The van der Waals surface area contributed by atoms with Gasteiger partial charge < -0.3 is 10.6 Å². The van der Waals surface area contributed by atoms with E-state index in [2.05, 4.69) is 53.7 Å². The molecule has 2 N–H and O–H groups in total. The largest absolute Gasteiger partial charge is 0.356 e. The highest BCUT2D eigenvalue weighted by atomic mass is 32.2. The smallest absolute Gasteiger partial charge is 0.191 e. The van der Waals surface area contributed by atoms with Crippen molar-refractivity contribution in [2.24, 2.45) is 4.99 Å². The van der Waals surface area contributed by atoms with E-state index in [0.717, 1.165) is 18.1 Å². The van der Waals surface area contributed by atoms with Crippen LogP contribution in [0.1, 0.15) is 29.5 Å². The fraction of sp³-hybridized carbons (Fsp3) is 0.350. The van der Waals surface area contributed by atoms with Crippen molar-refractivity contribution in [1.82, 2.24) is 10.6 Å². The third-order valence-electron chi connectivity index (χ3n) is 4.26. The van der Waals surface area contributed by atoms with E-state index in [1.807, 2.05) is 12.1 Å². The van der Waals surface area contributed by atoms with Crippen molar-refractivity contribution in [3.63, 3.8) is 0 Å². The molecule has 0 heterocycles. The Morgan fingerprint density at radius 3 is 2.19 bits per heavy atom. The predicted molar refractivity (Wildman–Crippen MR) is 107 cm³/mol. The molecular weight excluding hydrogens is 346 g/mol. The van der Waals surface area contributed by atoms with Gasteiger partial charge >= 0.3 is 0 Å². The molecule has 1 atom stereocenters. The molecule has 0 bridgehead atoms. The minimum atomic E-state index is -3.16. The van der Waals surface area contributed by atoms with Gasteiger partial charge in [-0.25, -0.2) is 8.42 Å². The van der Waals surface area contributed by atoms with Crippen molar-refractivity contribution < 1.29 is 8.42 Å². The summed E-state index contributed by atoms with van der Waals surface area (Å²) in [5.41, 5.74) is 3.54. The molecule has 2 rings (SSSR count). The van der Waals surface area contributed by atoms with Gasteiger partial charge in [-0.2, -0.15) is 0 Å². The Morgan fingerprint density at radius 1 is 1.04 bits per heavy atom. The predicted octanol–water partition coefficient (Wildman–Crippen LogP) is 2.87. The maximum absolute atomic E-state index is 11.5. The number of aliphatic imine (C=N–C) groups is 1. The van der Waals surface area contributed by atoms with Gasteiger partial charge in [0.2, 0.25) is 0 Å². The number of sulfone groups is 1. The van der Waals surface area contributed by atoms with Crippen LogP contribution < -0.4 is 10.6 Å². The first-order chi connectivity index (χ1) is 12.3. The lowest BCUT2D eigenvalue weighted by Gasteiger charge is -2.16. The van der Waals surface area contributed by atoms with Crippen molar-refractivity contribution in [1.29, 1.82) is 0 Å². The fourth-order valence-electron chi connectivity index (χ4n) is 2.52. The zero-order valence-corrected chi connectivity index (χ0v) is 16.6. The molecule has 6 heteroatoms. The Hall–Kier alpha value is -2.34. The van der Waals surface area contributed by atoms with E-state index in [0.29, 0.717) is 17.4 Å². The Kier molecular flexibility index (Phi) is 6.80. The summed E-state index contributed by atoms with van der Waals surface area (Å²) in [6.45, 7) is 5.61. The summed E-state index contributed by atoms with van der Waals surface area (Å²) in [6.07, 6.45) is 1.21. The highest BCUT2D eigenvalue weighted by Gasteiger charge is 2.08. The topological polar surface area (TPSA) is 70.6 Å². The summed E-state index contributed by atoms with van der Waals surface area (Å²) in [4.78, 5) is 4.57. The van der Waals surface area contributed by atoms with E-state index in [-0.39, 0.29) is 0 Å². The molecule has 0 aliphatic carbocycles. The number of nitrogens with zero attached hydrogens (tertiary/aromatic N) is 1. The number of rotatable bonds is 6. The van der Waals surface area contributed by atoms with Gasteiger partial charge in [0.1, 0.15) is 0 Å². The van der Waals surface area contributed by atoms with E-state index in [9.17, 15) is 8.42 Å². The quantitative estimate of drug-likeness (QED) is 0.603. The number of hydrogen-bond donors (Lipinski definition) is 2. The zero-order valence-electron chi connectivity index (χ0n) is 15.8. The SMILES string of the molecule is CN=C(NCc1ccc(S(C)(=O)=O)cc1)NCC(C)c1ccc(C)cc1. The van der Waals surface area contributed by atoms with Gasteiger partial charge in [-0.1, -0.05) is 48.9 Å². The molecule has 0 spiro atoms. The van der Waals surface area contributed by atoms with Crippen molar-refractivity contribution in [2.45, 2.75) is 31.2 Å². The molecule has 0 amide bonds. The van der Waals surface area contributed by atoms with Crippen LogP contribution >= 0.6 is 0 Å². The van der Waals surface area contributed by atoms with Crippen LogP contribution in [0, 0.1) is 6.92 Å². The third kappa shape index (κ3) is 5.88. The van der Waals surface area contributed by atoms with Gasteiger partial charge in [0.15, 0.2) is 15.8 Å². The minimum Gasteiger partial charge on any atom is -0.356 e. The van der Waals surface area contributed by atoms with Crippen LogP contribution in [-0.2, 0) is 16.4 Å². The van der Waals surface area contributed by atoms with Gasteiger partial charge in [-0.05, 0) is 36.1 Å². The maximum Gasteiger partial charge on any atom is 0.191 e. The summed E-state index contributed by atoms with van der Waals surface area (Å²) in [7, 11) is -1.42. The second-order valence-electron chi connectivity index (χ2n) is 6.53. The number of benzene rings is 2. The Balaban J connectivity index is 1.86. The lowest BCUT2D eigenvalue weighted by Crippen LogP contribution is -2.38. The summed E-state index contributed by atoms with van der Waals surface area (Å²) < 4.78 is 23.0. The first kappa shape index (κ1) is 20.0. The molecule has 26 heavy (non-hydrogen) atoms. The minimum absolute atomic E-state index is 0.329. The van der Waals surface area contributed by atoms with E-state index < -0.39 is 9.84 Å². The molecule has 0 aromatic heterocycles. The van der Waals surface area contributed by atoms with Gasteiger partial charge in [-0.3, -0.25) is 4.99 Å². The lowest BCUT2D eigenvalue weighted by atomic mass is 10.0. The molecule has 140 valence electrons. The van der Waals surface area contributed by atoms with Crippen molar-refractivity contribution in [3.8, 4) is 0 Å². The molecule has 1 unspecified atom stereocenters. The summed E-state index contributed by atoms with van der Waals surface area (Å²) in [6, 6.07) is 15.4. The van der Waals surface area contributed by atoms with Gasteiger partial charge in [0, 0.05) is 26.4 Å². The fourth-order valence-corrected chi connectivity index (χ4v) is 3.15. The zero-order chi connectivity index (χ0) is 19.2. The number of nitrogens with one attached hydrogen (secondary N) is 2. The Morgan fingerprint density at radius 2 is 1.65 bits per heavy atom. The molecule has 0 radical (unpaired) electrons. The lowest BCUT2D eigenvalue weighted by molar-refractivity contribution is 0.602. The van der Waals surface area contributed by atoms with Crippen molar-refractivity contribution in [2.75, 3.05) is 19.8 Å². The first-order valence-corrected chi connectivity index (χ1v) is 10.5. The summed E-state index contributed by atoms with van der Waals surface area (Å²) in [5, 5.41) is 6.58. The van der Waals surface area contributed by atoms with Gasteiger partial charge in [-0.15, -0.1) is 0 Å². The van der Waals surface area contributed by atoms with Crippen LogP contribution in [0.3, 0.4) is 0 Å². The summed E-state index contributed by atoms with van der Waals surface area (Å²) in [5.74, 6) is 1.08. The van der Waals surface area contributed by atoms with Crippen LogP contribution in [0.15, 0.2) is 58.4 Å². The first-order valence-electron chi connectivity index (χ1n) is 8.59. The second kappa shape index (κ2) is 8.85. The van der Waals surface area contributed by atoms with Crippen LogP contribution in [-0.4, -0.2) is 34.2 Å². The number of hydrogen-bond acceptors (Lipinski definition) is 3. The third-order valence-corrected chi connectivity index (χ3v) is 5.39. The van der Waals surface area contributed by atoms with Crippen LogP contribution in [0.5, 0.6) is 0 Å². The standard InChI is InChI=1S/C20H27N3O2S/c1-15-5-9-18(10-6-15)16(2)13-22-20(21-3)23-14-17-7-11-19(12-8-17)26(4,24)25/h5-12,16H,13-14H2,1-4H3,(H2,21,22,23).